The molecule has 8 nitrogen and oxygen atoms in total. The smallest absolute Gasteiger partial charge is 0.328 e. The van der Waals surface area contributed by atoms with Gasteiger partial charge in [0.1, 0.15) is 5.75 Å². The number of carbonyl (C=O) groups excluding carboxylic acids is 2. The molecule has 146 valence electrons. The van der Waals surface area contributed by atoms with Crippen molar-refractivity contribution in [2.45, 2.75) is 12.0 Å². The molecule has 8 heteroatoms. The van der Waals surface area contributed by atoms with E-state index in [9.17, 15) is 14.4 Å². The van der Waals surface area contributed by atoms with Gasteiger partial charge in [-0.3, -0.25) is 9.59 Å². The number of hydrogen-bond donors (Lipinski definition) is 2. The molecule has 0 radical (unpaired) electrons. The zero-order valence-electron chi connectivity index (χ0n) is 15.5. The Kier molecular flexibility index (Phi) is 4.38. The molecule has 0 saturated carbocycles. The Morgan fingerprint density at radius 2 is 1.90 bits per heavy atom. The standard InChI is InChI=1S/C21H17N3O5/c1-29-14-8-6-13(7-9-14)17-12-21(24(23-17)18(25)10-11-19(26)27)15-4-2-3-5-16(15)22-20(21)28/h2-11H,12H2,1H3,(H,22,28)(H,26,27)/b11-10+. The van der Waals surface area contributed by atoms with Gasteiger partial charge in [-0.25, -0.2) is 9.80 Å². The quantitative estimate of drug-likeness (QED) is 0.776. The van der Waals surface area contributed by atoms with Gasteiger partial charge in [-0.2, -0.15) is 5.10 Å². The molecule has 29 heavy (non-hydrogen) atoms. The van der Waals surface area contributed by atoms with Gasteiger partial charge in [-0.15, -0.1) is 0 Å². The summed E-state index contributed by atoms with van der Waals surface area (Å²) in [5, 5.41) is 17.2. The summed E-state index contributed by atoms with van der Waals surface area (Å²) in [4.78, 5) is 36.7. The van der Waals surface area contributed by atoms with Crippen LogP contribution < -0.4 is 10.1 Å². The summed E-state index contributed by atoms with van der Waals surface area (Å²) >= 11 is 0. The second-order valence-corrected chi connectivity index (χ2v) is 6.63. The highest BCUT2D eigenvalue weighted by atomic mass is 16.5. The number of carboxylic acid groups (broad SMARTS) is 1. The minimum atomic E-state index is -1.37. The van der Waals surface area contributed by atoms with E-state index in [0.717, 1.165) is 22.7 Å². The molecule has 0 aliphatic carbocycles. The van der Waals surface area contributed by atoms with E-state index in [1.165, 1.54) is 0 Å². The number of anilines is 1. The number of carbonyl (C=O) groups is 3. The molecule has 2 aromatic carbocycles. The van der Waals surface area contributed by atoms with Crippen molar-refractivity contribution in [3.63, 3.8) is 0 Å². The summed E-state index contributed by atoms with van der Waals surface area (Å²) in [6.07, 6.45) is 1.79. The van der Waals surface area contributed by atoms with Gasteiger partial charge < -0.3 is 15.2 Å². The van der Waals surface area contributed by atoms with E-state index >= 15 is 0 Å². The summed E-state index contributed by atoms with van der Waals surface area (Å²) in [7, 11) is 1.56. The number of hydrogen-bond acceptors (Lipinski definition) is 5. The highest BCUT2D eigenvalue weighted by molar-refractivity contribution is 6.15. The third-order valence-corrected chi connectivity index (χ3v) is 5.00. The van der Waals surface area contributed by atoms with E-state index in [1.54, 1.807) is 55.6 Å². The van der Waals surface area contributed by atoms with Crippen LogP contribution in [0.1, 0.15) is 17.5 Å². The number of methoxy groups -OCH3 is 1. The number of nitrogens with one attached hydrogen (secondary N) is 1. The number of para-hydroxylation sites is 1. The average molecular weight is 391 g/mol. The first-order chi connectivity index (χ1) is 14.0. The predicted molar refractivity (Wildman–Crippen MR) is 105 cm³/mol. The van der Waals surface area contributed by atoms with Gasteiger partial charge in [0.15, 0.2) is 5.54 Å². The summed E-state index contributed by atoms with van der Waals surface area (Å²) < 4.78 is 5.17. The molecule has 2 aliphatic heterocycles. The van der Waals surface area contributed by atoms with Gasteiger partial charge in [0.25, 0.3) is 11.8 Å². The molecule has 1 spiro atoms. The highest BCUT2D eigenvalue weighted by Crippen LogP contribution is 2.47. The summed E-state index contributed by atoms with van der Waals surface area (Å²) in [6.45, 7) is 0. The van der Waals surface area contributed by atoms with E-state index in [4.69, 9.17) is 9.84 Å². The van der Waals surface area contributed by atoms with Crippen molar-refractivity contribution in [2.24, 2.45) is 5.10 Å². The Balaban J connectivity index is 1.81. The van der Waals surface area contributed by atoms with Gasteiger partial charge in [-0.05, 0) is 35.9 Å². The number of amides is 2. The predicted octanol–water partition coefficient (Wildman–Crippen LogP) is 2.12. The van der Waals surface area contributed by atoms with Crippen LogP contribution in [0.3, 0.4) is 0 Å². The first-order valence-electron chi connectivity index (χ1n) is 8.84. The number of aliphatic carboxylic acids is 1. The molecule has 0 fully saturated rings. The van der Waals surface area contributed by atoms with Crippen LogP contribution in [0.25, 0.3) is 0 Å². The molecule has 0 bridgehead atoms. The number of nitrogens with zero attached hydrogens (tertiary/aromatic N) is 2. The molecule has 2 aromatic rings. The Labute approximate surface area is 166 Å². The Bertz CT molecular complexity index is 1070. The minimum Gasteiger partial charge on any atom is -0.497 e. The van der Waals surface area contributed by atoms with Crippen molar-refractivity contribution >= 4 is 29.2 Å². The molecule has 1 atom stereocenters. The fraction of sp³-hybridized carbons (Fsp3) is 0.143. The second kappa shape index (κ2) is 6.90. The fourth-order valence-electron chi connectivity index (χ4n) is 3.64. The van der Waals surface area contributed by atoms with Crippen LogP contribution in [0.2, 0.25) is 0 Å². The van der Waals surface area contributed by atoms with E-state index in [0.29, 0.717) is 22.7 Å². The van der Waals surface area contributed by atoms with Gasteiger partial charge in [0, 0.05) is 29.8 Å². The monoisotopic (exact) mass is 391 g/mol. The van der Waals surface area contributed by atoms with E-state index < -0.39 is 17.4 Å². The Morgan fingerprint density at radius 1 is 1.17 bits per heavy atom. The molecular weight excluding hydrogens is 374 g/mol. The largest absolute Gasteiger partial charge is 0.497 e. The minimum absolute atomic E-state index is 0.162. The van der Waals surface area contributed by atoms with E-state index in [1.807, 2.05) is 0 Å². The molecule has 4 rings (SSSR count). The van der Waals surface area contributed by atoms with E-state index in [2.05, 4.69) is 10.4 Å². The normalized spacial score (nSPS) is 20.0. The molecule has 0 aromatic heterocycles. The van der Waals surface area contributed by atoms with E-state index in [-0.39, 0.29) is 12.3 Å². The lowest BCUT2D eigenvalue weighted by atomic mass is 9.85. The molecule has 2 amide bonds. The fourth-order valence-corrected chi connectivity index (χ4v) is 3.64. The zero-order valence-corrected chi connectivity index (χ0v) is 15.5. The summed E-state index contributed by atoms with van der Waals surface area (Å²) in [5.74, 6) is -1.67. The Hall–Kier alpha value is -3.94. The van der Waals surface area contributed by atoms with Crippen LogP contribution in [-0.2, 0) is 19.9 Å². The van der Waals surface area contributed by atoms with Crippen LogP contribution >= 0.6 is 0 Å². The van der Waals surface area contributed by atoms with Crippen molar-refractivity contribution in [2.75, 3.05) is 12.4 Å². The van der Waals surface area contributed by atoms with Crippen molar-refractivity contribution < 1.29 is 24.2 Å². The van der Waals surface area contributed by atoms with Crippen LogP contribution in [0.15, 0.2) is 65.8 Å². The van der Waals surface area contributed by atoms with Crippen LogP contribution in [0.4, 0.5) is 5.69 Å². The molecule has 1 unspecified atom stereocenters. The van der Waals surface area contributed by atoms with Crippen molar-refractivity contribution in [1.82, 2.24) is 5.01 Å². The van der Waals surface area contributed by atoms with Gasteiger partial charge >= 0.3 is 5.97 Å². The highest BCUT2D eigenvalue weighted by Gasteiger charge is 2.57. The third kappa shape index (κ3) is 2.94. The number of rotatable bonds is 4. The number of fused-ring (bicyclic) bond motifs is 2. The van der Waals surface area contributed by atoms with Crippen LogP contribution in [0.5, 0.6) is 5.75 Å². The molecule has 2 aliphatic rings. The van der Waals surface area contributed by atoms with Gasteiger partial charge in [0.2, 0.25) is 0 Å². The molecule has 0 saturated heterocycles. The summed E-state index contributed by atoms with van der Waals surface area (Å²) in [5.41, 5.74) is 1.13. The van der Waals surface area contributed by atoms with Gasteiger partial charge in [-0.1, -0.05) is 18.2 Å². The first kappa shape index (κ1) is 18.4. The summed E-state index contributed by atoms with van der Waals surface area (Å²) in [6, 6.07) is 14.2. The lowest BCUT2D eigenvalue weighted by Gasteiger charge is -2.29. The lowest BCUT2D eigenvalue weighted by Crippen LogP contribution is -2.48. The first-order valence-corrected chi connectivity index (χ1v) is 8.84. The maximum atomic E-state index is 13.0. The zero-order chi connectivity index (χ0) is 20.6. The lowest BCUT2D eigenvalue weighted by molar-refractivity contribution is -0.140. The van der Waals surface area contributed by atoms with Crippen molar-refractivity contribution in [3.8, 4) is 5.75 Å². The maximum absolute atomic E-state index is 13.0. The number of benzene rings is 2. The average Bonchev–Trinajstić information content (AvgIpc) is 3.26. The van der Waals surface area contributed by atoms with Crippen LogP contribution in [0, 0.1) is 0 Å². The maximum Gasteiger partial charge on any atom is 0.328 e. The molecular formula is C21H17N3O5. The number of hydrazone groups is 1. The SMILES string of the molecule is COc1ccc(C2=NN(C(=O)/C=C/C(=O)O)C3(C2)C(=O)Nc2ccccc23)cc1. The number of carboxylic acids is 1. The Morgan fingerprint density at radius 3 is 2.59 bits per heavy atom. The topological polar surface area (TPSA) is 108 Å². The second-order valence-electron chi connectivity index (χ2n) is 6.63. The number of ether oxygens (including phenoxy) is 1. The van der Waals surface area contributed by atoms with Crippen molar-refractivity contribution in [1.29, 1.82) is 0 Å². The third-order valence-electron chi connectivity index (χ3n) is 5.00. The van der Waals surface area contributed by atoms with Gasteiger partial charge in [0.05, 0.1) is 12.8 Å². The van der Waals surface area contributed by atoms with Crippen LogP contribution in [-0.4, -0.2) is 40.7 Å². The molecule has 2 N–H and O–H groups in total. The molecule has 2 heterocycles. The van der Waals surface area contributed by atoms with Crippen molar-refractivity contribution in [3.05, 3.63) is 71.8 Å².